The van der Waals surface area contributed by atoms with Crippen LogP contribution in [0.3, 0.4) is 0 Å². The second-order valence-corrected chi connectivity index (χ2v) is 10.9. The molecule has 8 nitrogen and oxygen atoms in total. The topological polar surface area (TPSA) is 93.5 Å². The van der Waals surface area contributed by atoms with Gasteiger partial charge in [-0.3, -0.25) is 4.79 Å². The van der Waals surface area contributed by atoms with E-state index in [-0.39, 0.29) is 12.5 Å². The zero-order valence-corrected chi connectivity index (χ0v) is 19.6. The first-order chi connectivity index (χ1) is 15.4. The summed E-state index contributed by atoms with van der Waals surface area (Å²) in [6, 6.07) is 10.3. The van der Waals surface area contributed by atoms with Gasteiger partial charge >= 0.3 is 0 Å². The van der Waals surface area contributed by atoms with E-state index in [0.29, 0.717) is 29.4 Å². The van der Waals surface area contributed by atoms with Gasteiger partial charge in [-0.15, -0.1) is 11.3 Å². The van der Waals surface area contributed by atoms with Crippen molar-refractivity contribution in [3.63, 3.8) is 0 Å². The average molecular weight is 475 g/mol. The summed E-state index contributed by atoms with van der Waals surface area (Å²) in [6.07, 6.45) is 4.79. The molecule has 3 heterocycles. The van der Waals surface area contributed by atoms with E-state index in [2.05, 4.69) is 10.3 Å². The highest BCUT2D eigenvalue weighted by molar-refractivity contribution is 7.91. The number of piperidine rings is 1. The number of carbonyl (C=O) groups is 1. The molecule has 1 aliphatic heterocycles. The van der Waals surface area contributed by atoms with E-state index >= 15 is 0 Å². The highest BCUT2D eigenvalue weighted by atomic mass is 32.2. The predicted molar refractivity (Wildman–Crippen MR) is 122 cm³/mol. The van der Waals surface area contributed by atoms with E-state index < -0.39 is 22.0 Å². The van der Waals surface area contributed by atoms with E-state index in [1.54, 1.807) is 30.8 Å². The van der Waals surface area contributed by atoms with Crippen LogP contribution in [0.25, 0.3) is 0 Å². The van der Waals surface area contributed by atoms with E-state index in [4.69, 9.17) is 4.74 Å². The third kappa shape index (κ3) is 4.57. The number of sulfonamides is 1. The lowest BCUT2D eigenvalue weighted by molar-refractivity contribution is -0.126. The number of nitrogens with zero attached hydrogens (tertiary/aromatic N) is 3. The number of ether oxygens (including phenoxy) is 1. The van der Waals surface area contributed by atoms with Crippen LogP contribution in [0.1, 0.15) is 30.3 Å². The second kappa shape index (κ2) is 9.43. The molecule has 0 unspecified atom stereocenters. The summed E-state index contributed by atoms with van der Waals surface area (Å²) < 4.78 is 34.7. The van der Waals surface area contributed by atoms with Gasteiger partial charge in [-0.1, -0.05) is 18.2 Å². The van der Waals surface area contributed by atoms with E-state index in [1.165, 1.54) is 15.6 Å². The Balaban J connectivity index is 1.54. The lowest BCUT2D eigenvalue weighted by atomic mass is 9.97. The first-order valence-electron chi connectivity index (χ1n) is 10.4. The van der Waals surface area contributed by atoms with Gasteiger partial charge in [0.15, 0.2) is 0 Å². The van der Waals surface area contributed by atoms with Crippen molar-refractivity contribution in [3.8, 4) is 5.75 Å². The Bertz CT molecular complexity index is 1160. The van der Waals surface area contributed by atoms with Crippen molar-refractivity contribution in [2.24, 2.45) is 13.0 Å². The number of amides is 1. The highest BCUT2D eigenvalue weighted by Crippen LogP contribution is 2.28. The molecule has 4 rings (SSSR count). The number of aryl methyl sites for hydroxylation is 1. The molecule has 0 radical (unpaired) electrons. The van der Waals surface area contributed by atoms with Gasteiger partial charge < -0.3 is 14.6 Å². The average Bonchev–Trinajstić information content (AvgIpc) is 3.50. The molecule has 10 heteroatoms. The van der Waals surface area contributed by atoms with Gasteiger partial charge in [-0.05, 0) is 42.0 Å². The van der Waals surface area contributed by atoms with Gasteiger partial charge in [0.25, 0.3) is 10.0 Å². The molecular weight excluding hydrogens is 448 g/mol. The van der Waals surface area contributed by atoms with Crippen LogP contribution in [0.5, 0.6) is 5.75 Å². The summed E-state index contributed by atoms with van der Waals surface area (Å²) in [5.41, 5.74) is 0.868. The molecule has 2 atom stereocenters. The van der Waals surface area contributed by atoms with Crippen molar-refractivity contribution >= 4 is 27.3 Å². The summed E-state index contributed by atoms with van der Waals surface area (Å²) in [5.74, 6) is 0.808. The van der Waals surface area contributed by atoms with Crippen LogP contribution in [0, 0.1) is 5.92 Å². The van der Waals surface area contributed by atoms with Crippen LogP contribution in [-0.2, 0) is 21.9 Å². The summed E-state index contributed by atoms with van der Waals surface area (Å²) >= 11 is 1.19. The summed E-state index contributed by atoms with van der Waals surface area (Å²) in [6.45, 7) is 0.591. The van der Waals surface area contributed by atoms with E-state index in [1.807, 2.05) is 42.1 Å². The number of hydrogen-bond donors (Lipinski definition) is 1. The maximum atomic E-state index is 13.3. The molecule has 0 bridgehead atoms. The molecule has 0 spiro atoms. The van der Waals surface area contributed by atoms with Crippen molar-refractivity contribution in [1.29, 1.82) is 0 Å². The van der Waals surface area contributed by atoms with Crippen LogP contribution >= 0.6 is 11.3 Å². The van der Waals surface area contributed by atoms with Crippen LogP contribution in [0.15, 0.2) is 58.4 Å². The molecule has 1 amide bonds. The minimum Gasteiger partial charge on any atom is -0.497 e. The maximum absolute atomic E-state index is 13.3. The number of rotatable bonds is 7. The van der Waals surface area contributed by atoms with Crippen molar-refractivity contribution in [3.05, 3.63) is 65.6 Å². The van der Waals surface area contributed by atoms with Crippen molar-refractivity contribution in [2.45, 2.75) is 23.1 Å². The Morgan fingerprint density at radius 3 is 2.69 bits per heavy atom. The fourth-order valence-electron chi connectivity index (χ4n) is 3.92. The molecule has 0 aliphatic carbocycles. The molecular formula is C22H26N4O4S2. The van der Waals surface area contributed by atoms with Gasteiger partial charge in [0, 0.05) is 32.5 Å². The normalized spacial score (nSPS) is 18.2. The number of benzene rings is 1. The standard InChI is InChI=1S/C22H26N4O4S2/c1-25-13-11-23-21(25)20(16-7-9-18(30-2)10-8-16)24-22(27)17-5-3-12-26(15-17)32(28,29)19-6-4-14-31-19/h4,6-11,13-14,17,20H,3,5,12,15H2,1-2H3,(H,24,27)/t17-,20-/m0/s1. The third-order valence-corrected chi connectivity index (χ3v) is 8.93. The monoisotopic (exact) mass is 474 g/mol. The van der Waals surface area contributed by atoms with Crippen molar-refractivity contribution in [2.75, 3.05) is 20.2 Å². The number of imidazole rings is 1. The van der Waals surface area contributed by atoms with Crippen LogP contribution in [0.2, 0.25) is 0 Å². The Hall–Kier alpha value is -2.69. The van der Waals surface area contributed by atoms with Crippen molar-refractivity contribution in [1.82, 2.24) is 19.2 Å². The Morgan fingerprint density at radius 2 is 2.06 bits per heavy atom. The molecule has 32 heavy (non-hydrogen) atoms. The van der Waals surface area contributed by atoms with E-state index in [0.717, 1.165) is 11.3 Å². The van der Waals surface area contributed by atoms with Gasteiger partial charge in [0.05, 0.1) is 13.0 Å². The Morgan fingerprint density at radius 1 is 1.28 bits per heavy atom. The number of thiophene rings is 1. The van der Waals surface area contributed by atoms with Crippen LogP contribution in [0.4, 0.5) is 0 Å². The summed E-state index contributed by atoms with van der Waals surface area (Å²) in [5, 5.41) is 4.85. The van der Waals surface area contributed by atoms with Gasteiger partial charge in [0.1, 0.15) is 21.8 Å². The lowest BCUT2D eigenvalue weighted by Crippen LogP contribution is -2.46. The lowest BCUT2D eigenvalue weighted by Gasteiger charge is -2.32. The molecule has 1 N–H and O–H groups in total. The van der Waals surface area contributed by atoms with E-state index in [9.17, 15) is 13.2 Å². The molecule has 1 fully saturated rings. The minimum atomic E-state index is -3.58. The highest BCUT2D eigenvalue weighted by Gasteiger charge is 2.35. The molecule has 170 valence electrons. The predicted octanol–water partition coefficient (Wildman–Crippen LogP) is 2.80. The first-order valence-corrected chi connectivity index (χ1v) is 12.7. The number of methoxy groups -OCH3 is 1. The molecule has 2 aromatic heterocycles. The smallest absolute Gasteiger partial charge is 0.252 e. The molecule has 1 aromatic carbocycles. The number of carbonyl (C=O) groups excluding carboxylic acids is 1. The molecule has 0 saturated carbocycles. The Kier molecular flexibility index (Phi) is 6.63. The minimum absolute atomic E-state index is 0.169. The van der Waals surface area contributed by atoms with Crippen LogP contribution in [-0.4, -0.2) is 48.4 Å². The molecule has 1 aliphatic rings. The number of aromatic nitrogens is 2. The van der Waals surface area contributed by atoms with Gasteiger partial charge in [-0.2, -0.15) is 4.31 Å². The zero-order valence-electron chi connectivity index (χ0n) is 18.0. The fourth-order valence-corrected chi connectivity index (χ4v) is 6.59. The SMILES string of the molecule is COc1ccc([C@H](NC(=O)[C@H]2CCCN(S(=O)(=O)c3cccs3)C2)c2nccn2C)cc1. The number of nitrogens with one attached hydrogen (secondary N) is 1. The molecule has 3 aromatic rings. The number of hydrogen-bond acceptors (Lipinski definition) is 6. The van der Waals surface area contributed by atoms with Crippen molar-refractivity contribution < 1.29 is 17.9 Å². The third-order valence-electron chi connectivity index (χ3n) is 5.70. The fraction of sp³-hybridized carbons (Fsp3) is 0.364. The zero-order chi connectivity index (χ0) is 22.7. The summed E-state index contributed by atoms with van der Waals surface area (Å²) in [7, 11) is -0.103. The maximum Gasteiger partial charge on any atom is 0.252 e. The molecule has 1 saturated heterocycles. The Labute approximate surface area is 191 Å². The largest absolute Gasteiger partial charge is 0.497 e. The summed E-state index contributed by atoms with van der Waals surface area (Å²) in [4.78, 5) is 17.7. The quantitative estimate of drug-likeness (QED) is 0.568. The van der Waals surface area contributed by atoms with Crippen LogP contribution < -0.4 is 10.1 Å². The van der Waals surface area contributed by atoms with Gasteiger partial charge in [0.2, 0.25) is 5.91 Å². The first kappa shape index (κ1) is 22.5. The second-order valence-electron chi connectivity index (χ2n) is 7.75. The van der Waals surface area contributed by atoms with Gasteiger partial charge in [-0.25, -0.2) is 13.4 Å².